The van der Waals surface area contributed by atoms with Crippen LogP contribution in [0, 0.1) is 0 Å². The molecule has 28 heavy (non-hydrogen) atoms. The number of Topliss-reactive ketones (excluding diaryl/α,β-unsaturated/α-hetero) is 1. The van der Waals surface area contributed by atoms with Crippen LogP contribution in [0.3, 0.4) is 0 Å². The average Bonchev–Trinajstić information content (AvgIpc) is 3.17. The highest BCUT2D eigenvalue weighted by Crippen LogP contribution is 2.28. The molecule has 0 radical (unpaired) electrons. The molecule has 1 unspecified atom stereocenters. The van der Waals surface area contributed by atoms with Crippen LogP contribution in [0.25, 0.3) is 10.9 Å². The SMILES string of the molecule is O=C(OC(C(=O)c1c[nH]c2ccccc12)c1ccccc1)c1ccc(Cl)cc1. The average molecular weight is 390 g/mol. The Morgan fingerprint density at radius 2 is 1.54 bits per heavy atom. The number of esters is 1. The lowest BCUT2D eigenvalue weighted by molar-refractivity contribution is 0.0280. The molecule has 4 aromatic rings. The van der Waals surface area contributed by atoms with Gasteiger partial charge < -0.3 is 9.72 Å². The summed E-state index contributed by atoms with van der Waals surface area (Å²) in [6, 6.07) is 22.9. The van der Waals surface area contributed by atoms with E-state index in [2.05, 4.69) is 4.98 Å². The highest BCUT2D eigenvalue weighted by molar-refractivity contribution is 6.30. The summed E-state index contributed by atoms with van der Waals surface area (Å²) in [5.41, 5.74) is 2.27. The van der Waals surface area contributed by atoms with Crippen molar-refractivity contribution in [2.75, 3.05) is 0 Å². The molecule has 4 rings (SSSR count). The summed E-state index contributed by atoms with van der Waals surface area (Å²) in [4.78, 5) is 29.1. The van der Waals surface area contributed by atoms with Gasteiger partial charge in [-0.25, -0.2) is 4.79 Å². The van der Waals surface area contributed by atoms with Crippen molar-refractivity contribution in [3.05, 3.63) is 107 Å². The largest absolute Gasteiger partial charge is 0.445 e. The standard InChI is InChI=1S/C23H16ClNO3/c24-17-12-10-16(11-13-17)23(27)28-22(15-6-2-1-3-7-15)21(26)19-14-25-20-9-5-4-8-18(19)20/h1-14,22,25H. The number of H-pyrrole nitrogens is 1. The second kappa shape index (κ2) is 7.71. The quantitative estimate of drug-likeness (QED) is 0.357. The van der Waals surface area contributed by atoms with E-state index in [4.69, 9.17) is 16.3 Å². The zero-order chi connectivity index (χ0) is 19.5. The molecule has 4 nitrogen and oxygen atoms in total. The number of para-hydroxylation sites is 1. The molecule has 0 aliphatic rings. The van der Waals surface area contributed by atoms with Crippen LogP contribution < -0.4 is 0 Å². The molecule has 1 heterocycles. The molecule has 5 heteroatoms. The Bertz CT molecular complexity index is 1130. The lowest BCUT2D eigenvalue weighted by atomic mass is 9.99. The summed E-state index contributed by atoms with van der Waals surface area (Å²) < 4.78 is 5.65. The summed E-state index contributed by atoms with van der Waals surface area (Å²) in [5.74, 6) is -0.871. The second-order valence-corrected chi connectivity index (χ2v) is 6.75. The summed E-state index contributed by atoms with van der Waals surface area (Å²) in [6.07, 6.45) is 0.600. The maximum Gasteiger partial charge on any atom is 0.339 e. The zero-order valence-electron chi connectivity index (χ0n) is 14.8. The molecule has 1 atom stereocenters. The van der Waals surface area contributed by atoms with E-state index in [9.17, 15) is 9.59 Å². The second-order valence-electron chi connectivity index (χ2n) is 6.32. The minimum Gasteiger partial charge on any atom is -0.445 e. The molecule has 0 aliphatic heterocycles. The van der Waals surface area contributed by atoms with Crippen molar-refractivity contribution in [2.24, 2.45) is 0 Å². The monoisotopic (exact) mass is 389 g/mol. The Kier molecular flexibility index (Phi) is 4.96. The molecule has 3 aromatic carbocycles. The minimum absolute atomic E-state index is 0.286. The lowest BCUT2D eigenvalue weighted by Crippen LogP contribution is -2.20. The van der Waals surface area contributed by atoms with E-state index in [1.165, 1.54) is 0 Å². The fraction of sp³-hybridized carbons (Fsp3) is 0.0435. The number of nitrogens with one attached hydrogen (secondary N) is 1. The topological polar surface area (TPSA) is 59.2 Å². The van der Waals surface area contributed by atoms with Crippen molar-refractivity contribution in [1.82, 2.24) is 4.98 Å². The predicted molar refractivity (Wildman–Crippen MR) is 109 cm³/mol. The molecule has 1 aromatic heterocycles. The molecular weight excluding hydrogens is 374 g/mol. The smallest absolute Gasteiger partial charge is 0.339 e. The van der Waals surface area contributed by atoms with E-state index in [1.807, 2.05) is 30.3 Å². The number of ketones is 1. The van der Waals surface area contributed by atoms with Crippen molar-refractivity contribution < 1.29 is 14.3 Å². The van der Waals surface area contributed by atoms with E-state index >= 15 is 0 Å². The van der Waals surface area contributed by atoms with Gasteiger partial charge in [-0.05, 0) is 30.3 Å². The maximum atomic E-state index is 13.3. The van der Waals surface area contributed by atoms with Gasteiger partial charge in [0, 0.05) is 33.2 Å². The van der Waals surface area contributed by atoms with Gasteiger partial charge in [-0.1, -0.05) is 60.1 Å². The van der Waals surface area contributed by atoms with Gasteiger partial charge in [0.2, 0.25) is 5.78 Å². The van der Waals surface area contributed by atoms with Crippen molar-refractivity contribution in [1.29, 1.82) is 0 Å². The van der Waals surface area contributed by atoms with Crippen LogP contribution in [-0.2, 0) is 4.74 Å². The highest BCUT2D eigenvalue weighted by Gasteiger charge is 2.28. The Morgan fingerprint density at radius 1 is 0.857 bits per heavy atom. The predicted octanol–water partition coefficient (Wildman–Crippen LogP) is 5.60. The Morgan fingerprint density at radius 3 is 2.29 bits per heavy atom. The third-order valence-electron chi connectivity index (χ3n) is 4.50. The Labute approximate surface area is 166 Å². The van der Waals surface area contributed by atoms with Crippen LogP contribution in [0.2, 0.25) is 5.02 Å². The molecular formula is C23H16ClNO3. The third kappa shape index (κ3) is 3.55. The summed E-state index contributed by atoms with van der Waals surface area (Å²) in [7, 11) is 0. The van der Waals surface area contributed by atoms with E-state index < -0.39 is 12.1 Å². The molecule has 0 saturated carbocycles. The number of hydrogen-bond acceptors (Lipinski definition) is 3. The first-order chi connectivity index (χ1) is 13.6. The van der Waals surface area contributed by atoms with Gasteiger partial charge in [0.15, 0.2) is 6.10 Å². The summed E-state index contributed by atoms with van der Waals surface area (Å²) >= 11 is 5.88. The minimum atomic E-state index is -1.05. The fourth-order valence-electron chi connectivity index (χ4n) is 3.08. The number of carbonyl (C=O) groups is 2. The number of aromatic nitrogens is 1. The molecule has 0 spiro atoms. The van der Waals surface area contributed by atoms with Crippen molar-refractivity contribution in [2.45, 2.75) is 6.10 Å². The van der Waals surface area contributed by atoms with Gasteiger partial charge in [0.25, 0.3) is 0 Å². The fourth-order valence-corrected chi connectivity index (χ4v) is 3.20. The number of benzene rings is 3. The van der Waals surface area contributed by atoms with Crippen molar-refractivity contribution in [3.8, 4) is 0 Å². The first-order valence-electron chi connectivity index (χ1n) is 8.75. The van der Waals surface area contributed by atoms with Gasteiger partial charge in [-0.3, -0.25) is 4.79 Å². The van der Waals surface area contributed by atoms with Gasteiger partial charge in [0.05, 0.1) is 5.56 Å². The van der Waals surface area contributed by atoms with E-state index in [1.54, 1.807) is 54.7 Å². The van der Waals surface area contributed by atoms with Gasteiger partial charge >= 0.3 is 5.97 Å². The van der Waals surface area contributed by atoms with Crippen molar-refractivity contribution >= 4 is 34.3 Å². The molecule has 0 bridgehead atoms. The summed E-state index contributed by atoms with van der Waals surface area (Å²) in [6.45, 7) is 0. The van der Waals surface area contributed by atoms with Gasteiger partial charge in [-0.15, -0.1) is 0 Å². The number of aromatic amines is 1. The van der Waals surface area contributed by atoms with Crippen LogP contribution in [-0.4, -0.2) is 16.7 Å². The maximum absolute atomic E-state index is 13.3. The first kappa shape index (κ1) is 18.0. The lowest BCUT2D eigenvalue weighted by Gasteiger charge is -2.17. The van der Waals surface area contributed by atoms with Crippen LogP contribution in [0.15, 0.2) is 85.1 Å². The number of halogens is 1. The molecule has 0 aliphatic carbocycles. The highest BCUT2D eigenvalue weighted by atomic mass is 35.5. The van der Waals surface area contributed by atoms with Crippen LogP contribution in [0.1, 0.15) is 32.4 Å². The molecule has 0 saturated heterocycles. The van der Waals surface area contributed by atoms with Gasteiger partial charge in [0.1, 0.15) is 0 Å². The van der Waals surface area contributed by atoms with Crippen LogP contribution in [0.4, 0.5) is 0 Å². The number of fused-ring (bicyclic) bond motifs is 1. The van der Waals surface area contributed by atoms with Crippen molar-refractivity contribution in [3.63, 3.8) is 0 Å². The molecule has 0 amide bonds. The van der Waals surface area contributed by atoms with E-state index in [0.717, 1.165) is 10.9 Å². The Balaban J connectivity index is 1.70. The molecule has 138 valence electrons. The number of carbonyl (C=O) groups excluding carboxylic acids is 2. The Hall–Kier alpha value is -3.37. The number of ether oxygens (including phenoxy) is 1. The third-order valence-corrected chi connectivity index (χ3v) is 4.75. The molecule has 1 N–H and O–H groups in total. The normalized spacial score (nSPS) is 11.9. The van der Waals surface area contributed by atoms with Crippen LogP contribution in [0.5, 0.6) is 0 Å². The number of rotatable bonds is 5. The van der Waals surface area contributed by atoms with Gasteiger partial charge in [-0.2, -0.15) is 0 Å². The van der Waals surface area contributed by atoms with E-state index in [0.29, 0.717) is 21.7 Å². The zero-order valence-corrected chi connectivity index (χ0v) is 15.5. The van der Waals surface area contributed by atoms with E-state index in [-0.39, 0.29) is 5.78 Å². The number of hydrogen-bond donors (Lipinski definition) is 1. The first-order valence-corrected chi connectivity index (χ1v) is 9.13. The summed E-state index contributed by atoms with van der Waals surface area (Å²) in [5, 5.41) is 1.31. The molecule has 0 fully saturated rings. The van der Waals surface area contributed by atoms with Crippen LogP contribution >= 0.6 is 11.6 Å².